The summed E-state index contributed by atoms with van der Waals surface area (Å²) in [7, 11) is 0. The molecule has 0 saturated carbocycles. The molecular formula is C12H12O2S. The molecule has 3 heteroatoms. The molecule has 78 valence electrons. The third-order valence-electron chi connectivity index (χ3n) is 2.34. The zero-order valence-electron chi connectivity index (χ0n) is 8.27. The molecule has 0 atom stereocenters. The largest absolute Gasteiger partial charge is 0.396 e. The number of aliphatic hydroxyl groups excluding tert-OH is 1. The average molecular weight is 220 g/mol. The minimum absolute atomic E-state index is 0.0756. The smallest absolute Gasteiger partial charge is 0.164 e. The number of aliphatic hydroxyl groups is 1. The fraction of sp³-hybridized carbons (Fsp3) is 0.250. The first-order valence-electron chi connectivity index (χ1n) is 4.93. The van der Waals surface area contributed by atoms with Crippen molar-refractivity contribution in [2.75, 3.05) is 6.61 Å². The maximum Gasteiger partial charge on any atom is 0.164 e. The quantitative estimate of drug-likeness (QED) is 0.804. The first-order valence-corrected chi connectivity index (χ1v) is 5.81. The van der Waals surface area contributed by atoms with E-state index in [1.165, 1.54) is 0 Å². The highest BCUT2D eigenvalue weighted by atomic mass is 32.1. The van der Waals surface area contributed by atoms with E-state index in [2.05, 4.69) is 0 Å². The molecule has 0 fully saturated rings. The van der Waals surface area contributed by atoms with Crippen LogP contribution >= 0.6 is 11.3 Å². The van der Waals surface area contributed by atoms with Gasteiger partial charge in [0.05, 0.1) is 0 Å². The SMILES string of the molecule is O=C(CCCO)c1cccc2ccsc12. The van der Waals surface area contributed by atoms with E-state index in [-0.39, 0.29) is 12.4 Å². The Hall–Kier alpha value is -1.19. The molecule has 1 aromatic heterocycles. The summed E-state index contributed by atoms with van der Waals surface area (Å²) in [6.07, 6.45) is 0.966. The summed E-state index contributed by atoms with van der Waals surface area (Å²) in [4.78, 5) is 11.8. The second kappa shape index (κ2) is 4.55. The summed E-state index contributed by atoms with van der Waals surface area (Å²) < 4.78 is 1.06. The lowest BCUT2D eigenvalue weighted by Crippen LogP contribution is -2.00. The second-order valence-electron chi connectivity index (χ2n) is 3.39. The van der Waals surface area contributed by atoms with E-state index in [0.29, 0.717) is 12.8 Å². The van der Waals surface area contributed by atoms with Crippen molar-refractivity contribution in [1.29, 1.82) is 0 Å². The third-order valence-corrected chi connectivity index (χ3v) is 3.30. The predicted octanol–water partition coefficient (Wildman–Crippen LogP) is 2.86. The molecule has 1 N–H and O–H groups in total. The van der Waals surface area contributed by atoms with Gasteiger partial charge in [-0.25, -0.2) is 0 Å². The van der Waals surface area contributed by atoms with Crippen molar-refractivity contribution in [1.82, 2.24) is 0 Å². The van der Waals surface area contributed by atoms with Crippen LogP contribution in [-0.4, -0.2) is 17.5 Å². The van der Waals surface area contributed by atoms with Crippen molar-refractivity contribution < 1.29 is 9.90 Å². The Kier molecular flexibility index (Phi) is 3.14. The Morgan fingerprint density at radius 2 is 2.20 bits per heavy atom. The average Bonchev–Trinajstić information content (AvgIpc) is 2.73. The molecule has 0 spiro atoms. The van der Waals surface area contributed by atoms with Crippen molar-refractivity contribution in [2.45, 2.75) is 12.8 Å². The van der Waals surface area contributed by atoms with E-state index in [0.717, 1.165) is 15.6 Å². The number of hydrogen-bond donors (Lipinski definition) is 1. The summed E-state index contributed by atoms with van der Waals surface area (Å²) in [5, 5.41) is 11.8. The van der Waals surface area contributed by atoms with E-state index >= 15 is 0 Å². The van der Waals surface area contributed by atoms with Gasteiger partial charge < -0.3 is 5.11 Å². The standard InChI is InChI=1S/C12H12O2S/c13-7-2-5-11(14)10-4-1-3-9-6-8-15-12(9)10/h1,3-4,6,8,13H,2,5,7H2. The van der Waals surface area contributed by atoms with Crippen molar-refractivity contribution in [2.24, 2.45) is 0 Å². The summed E-state index contributed by atoms with van der Waals surface area (Å²) in [5.74, 6) is 0.122. The molecule has 15 heavy (non-hydrogen) atoms. The molecule has 1 heterocycles. The number of hydrogen-bond acceptors (Lipinski definition) is 3. The lowest BCUT2D eigenvalue weighted by atomic mass is 10.1. The van der Waals surface area contributed by atoms with Gasteiger partial charge in [0.15, 0.2) is 5.78 Å². The number of thiophene rings is 1. The summed E-state index contributed by atoms with van der Waals surface area (Å²) in [5.41, 5.74) is 0.788. The molecule has 0 aliphatic carbocycles. The number of carbonyl (C=O) groups excluding carboxylic acids is 1. The highest BCUT2D eigenvalue weighted by Crippen LogP contribution is 2.25. The summed E-state index contributed by atoms with van der Waals surface area (Å²) in [6, 6.07) is 7.79. The Morgan fingerprint density at radius 1 is 1.33 bits per heavy atom. The number of Topliss-reactive ketones (excluding diaryl/α,β-unsaturated/α-hetero) is 1. The van der Waals surface area contributed by atoms with Crippen molar-refractivity contribution >= 4 is 27.2 Å². The second-order valence-corrected chi connectivity index (χ2v) is 4.31. The fourth-order valence-corrected chi connectivity index (χ4v) is 2.52. The molecule has 0 bridgehead atoms. The molecule has 0 aliphatic rings. The van der Waals surface area contributed by atoms with Gasteiger partial charge in [0.25, 0.3) is 0 Å². The third kappa shape index (κ3) is 2.08. The number of rotatable bonds is 4. The minimum Gasteiger partial charge on any atom is -0.396 e. The van der Waals surface area contributed by atoms with Crippen LogP contribution in [0.25, 0.3) is 10.1 Å². The molecule has 2 aromatic rings. The lowest BCUT2D eigenvalue weighted by molar-refractivity contribution is 0.0973. The monoisotopic (exact) mass is 220 g/mol. The van der Waals surface area contributed by atoms with Crippen LogP contribution in [0, 0.1) is 0 Å². The molecular weight excluding hydrogens is 208 g/mol. The zero-order valence-corrected chi connectivity index (χ0v) is 9.09. The van der Waals surface area contributed by atoms with E-state index in [1.54, 1.807) is 11.3 Å². The molecule has 2 rings (SSSR count). The van der Waals surface area contributed by atoms with Gasteiger partial charge in [0, 0.05) is 23.3 Å². The van der Waals surface area contributed by atoms with Gasteiger partial charge in [0.2, 0.25) is 0 Å². The van der Waals surface area contributed by atoms with Crippen molar-refractivity contribution in [3.63, 3.8) is 0 Å². The summed E-state index contributed by atoms with van der Waals surface area (Å²) >= 11 is 1.59. The molecule has 0 radical (unpaired) electrons. The van der Waals surface area contributed by atoms with Crippen LogP contribution in [0.5, 0.6) is 0 Å². The molecule has 2 nitrogen and oxygen atoms in total. The number of carbonyl (C=O) groups is 1. The topological polar surface area (TPSA) is 37.3 Å². The maximum absolute atomic E-state index is 11.8. The highest BCUT2D eigenvalue weighted by molar-refractivity contribution is 7.17. The van der Waals surface area contributed by atoms with Gasteiger partial charge in [-0.05, 0) is 29.3 Å². The van der Waals surface area contributed by atoms with E-state index in [1.807, 2.05) is 29.6 Å². The number of benzene rings is 1. The Bertz CT molecular complexity index is 473. The van der Waals surface area contributed by atoms with Crippen molar-refractivity contribution in [3.8, 4) is 0 Å². The van der Waals surface area contributed by atoms with E-state index in [4.69, 9.17) is 5.11 Å². The normalized spacial score (nSPS) is 10.7. The van der Waals surface area contributed by atoms with Crippen LogP contribution in [0.2, 0.25) is 0 Å². The first kappa shape index (κ1) is 10.3. The maximum atomic E-state index is 11.8. The van der Waals surface area contributed by atoms with Crippen LogP contribution < -0.4 is 0 Å². The molecule has 0 saturated heterocycles. The predicted molar refractivity (Wildman–Crippen MR) is 62.5 cm³/mol. The molecule has 1 aromatic carbocycles. The van der Waals surface area contributed by atoms with Gasteiger partial charge >= 0.3 is 0 Å². The number of ketones is 1. The Morgan fingerprint density at radius 3 is 3.00 bits per heavy atom. The minimum atomic E-state index is 0.0756. The number of fused-ring (bicyclic) bond motifs is 1. The van der Waals surface area contributed by atoms with Crippen molar-refractivity contribution in [3.05, 3.63) is 35.2 Å². The van der Waals surface area contributed by atoms with E-state index in [9.17, 15) is 4.79 Å². The lowest BCUT2D eigenvalue weighted by Gasteiger charge is -2.01. The molecule has 0 aliphatic heterocycles. The Balaban J connectivity index is 2.34. The first-order chi connectivity index (χ1) is 7.33. The highest BCUT2D eigenvalue weighted by Gasteiger charge is 2.09. The van der Waals surface area contributed by atoms with Gasteiger partial charge in [-0.15, -0.1) is 11.3 Å². The van der Waals surface area contributed by atoms with Gasteiger partial charge in [-0.1, -0.05) is 12.1 Å². The van der Waals surface area contributed by atoms with Gasteiger partial charge in [-0.3, -0.25) is 4.79 Å². The van der Waals surface area contributed by atoms with Gasteiger partial charge in [-0.2, -0.15) is 0 Å². The zero-order chi connectivity index (χ0) is 10.7. The van der Waals surface area contributed by atoms with Crippen LogP contribution in [0.3, 0.4) is 0 Å². The van der Waals surface area contributed by atoms with Crippen LogP contribution in [-0.2, 0) is 0 Å². The van der Waals surface area contributed by atoms with Crippen LogP contribution in [0.1, 0.15) is 23.2 Å². The van der Waals surface area contributed by atoms with Crippen LogP contribution in [0.4, 0.5) is 0 Å². The molecule has 0 unspecified atom stereocenters. The van der Waals surface area contributed by atoms with E-state index < -0.39 is 0 Å². The van der Waals surface area contributed by atoms with Gasteiger partial charge in [0.1, 0.15) is 0 Å². The molecule has 0 amide bonds. The summed E-state index contributed by atoms with van der Waals surface area (Å²) in [6.45, 7) is 0.0756. The Labute approximate surface area is 92.2 Å². The fourth-order valence-electron chi connectivity index (χ4n) is 1.59. The van der Waals surface area contributed by atoms with Crippen LogP contribution in [0.15, 0.2) is 29.6 Å².